The summed E-state index contributed by atoms with van der Waals surface area (Å²) in [6.45, 7) is 4.43. The smallest absolute Gasteiger partial charge is 0.220 e. The third-order valence-corrected chi connectivity index (χ3v) is 6.16. The summed E-state index contributed by atoms with van der Waals surface area (Å²) < 4.78 is 2.24. The van der Waals surface area contributed by atoms with Gasteiger partial charge in [0.1, 0.15) is 7.05 Å². The molecule has 0 fully saturated rings. The van der Waals surface area contributed by atoms with E-state index < -0.39 is 0 Å². The second-order valence-corrected chi connectivity index (χ2v) is 8.15. The van der Waals surface area contributed by atoms with Crippen molar-refractivity contribution in [2.24, 2.45) is 7.05 Å². The zero-order chi connectivity index (χ0) is 21.4. The number of pyridine rings is 2. The van der Waals surface area contributed by atoms with Crippen LogP contribution in [-0.2, 0) is 7.05 Å². The van der Waals surface area contributed by atoms with Crippen LogP contribution in [0.3, 0.4) is 0 Å². The van der Waals surface area contributed by atoms with Crippen molar-refractivity contribution in [2.75, 3.05) is 0 Å². The lowest BCUT2D eigenvalue weighted by atomic mass is 9.91. The fraction of sp³-hybridized carbons (Fsp3) is 0.103. The summed E-state index contributed by atoms with van der Waals surface area (Å²) in [5, 5.41) is 2.49. The first-order valence-electron chi connectivity index (χ1n) is 10.6. The zero-order valence-corrected chi connectivity index (χ0v) is 18.1. The van der Waals surface area contributed by atoms with E-state index >= 15 is 0 Å². The Bertz CT molecular complexity index is 1390. The van der Waals surface area contributed by atoms with E-state index in [0.29, 0.717) is 0 Å². The molecule has 0 aliphatic rings. The van der Waals surface area contributed by atoms with Gasteiger partial charge in [-0.05, 0) is 71.3 Å². The van der Waals surface area contributed by atoms with Crippen LogP contribution in [0.1, 0.15) is 11.1 Å². The van der Waals surface area contributed by atoms with Crippen molar-refractivity contribution in [2.45, 2.75) is 13.8 Å². The van der Waals surface area contributed by atoms with Gasteiger partial charge in [0.05, 0.1) is 10.9 Å². The standard InChI is InChI=1S/C29H25N2/c1-20-16-26(22-8-5-4-6-9-22)18-28(21(20)2)29-27-12-11-23(25-10-7-14-30-19-25)17-24(27)13-15-31(29)3/h4-19H,1-3H3/q+1. The number of hydrogen-bond donors (Lipinski definition) is 0. The molecule has 2 heterocycles. The molecular weight excluding hydrogens is 376 g/mol. The molecule has 0 N–H and O–H groups in total. The molecular formula is C29H25N2+. The Morgan fingerprint density at radius 2 is 1.52 bits per heavy atom. The van der Waals surface area contributed by atoms with Crippen molar-refractivity contribution in [3.05, 3.63) is 109 Å². The van der Waals surface area contributed by atoms with E-state index in [9.17, 15) is 0 Å². The first kappa shape index (κ1) is 19.2. The maximum Gasteiger partial charge on any atom is 0.220 e. The van der Waals surface area contributed by atoms with Crippen LogP contribution in [0.25, 0.3) is 44.3 Å². The van der Waals surface area contributed by atoms with Gasteiger partial charge in [-0.25, -0.2) is 4.57 Å². The Morgan fingerprint density at radius 1 is 0.710 bits per heavy atom. The van der Waals surface area contributed by atoms with Gasteiger partial charge in [-0.3, -0.25) is 4.98 Å². The third kappa shape index (κ3) is 3.51. The van der Waals surface area contributed by atoms with Gasteiger partial charge < -0.3 is 0 Å². The molecule has 2 heteroatoms. The summed E-state index contributed by atoms with van der Waals surface area (Å²) in [6.07, 6.45) is 5.89. The summed E-state index contributed by atoms with van der Waals surface area (Å²) in [5.41, 5.74) is 9.97. The first-order valence-corrected chi connectivity index (χ1v) is 10.6. The lowest BCUT2D eigenvalue weighted by Crippen LogP contribution is -2.30. The fourth-order valence-electron chi connectivity index (χ4n) is 4.32. The molecule has 3 aromatic carbocycles. The van der Waals surface area contributed by atoms with E-state index in [0.717, 1.165) is 5.56 Å². The van der Waals surface area contributed by atoms with Crippen LogP contribution < -0.4 is 4.57 Å². The number of nitrogens with zero attached hydrogens (tertiary/aromatic N) is 2. The van der Waals surface area contributed by atoms with Gasteiger partial charge >= 0.3 is 0 Å². The van der Waals surface area contributed by atoms with Gasteiger partial charge in [0.25, 0.3) is 0 Å². The molecule has 0 saturated carbocycles. The van der Waals surface area contributed by atoms with Crippen LogP contribution >= 0.6 is 0 Å². The molecule has 0 radical (unpaired) electrons. The maximum atomic E-state index is 4.28. The Hall–Kier alpha value is -3.78. The van der Waals surface area contributed by atoms with Crippen LogP contribution in [0.5, 0.6) is 0 Å². The number of benzene rings is 3. The number of aryl methyl sites for hydroxylation is 2. The van der Waals surface area contributed by atoms with Crippen molar-refractivity contribution in [3.63, 3.8) is 0 Å². The highest BCUT2D eigenvalue weighted by Crippen LogP contribution is 2.34. The highest BCUT2D eigenvalue weighted by molar-refractivity contribution is 5.96. The van der Waals surface area contributed by atoms with E-state index in [1.807, 2.05) is 18.5 Å². The summed E-state index contributed by atoms with van der Waals surface area (Å²) >= 11 is 0. The topological polar surface area (TPSA) is 16.8 Å². The van der Waals surface area contributed by atoms with Crippen molar-refractivity contribution in [3.8, 4) is 33.5 Å². The Labute approximate surface area is 183 Å². The van der Waals surface area contributed by atoms with Gasteiger partial charge in [0.2, 0.25) is 5.69 Å². The van der Waals surface area contributed by atoms with Crippen molar-refractivity contribution in [1.82, 2.24) is 4.98 Å². The van der Waals surface area contributed by atoms with Crippen LogP contribution in [0, 0.1) is 13.8 Å². The maximum absolute atomic E-state index is 4.28. The molecule has 0 saturated heterocycles. The van der Waals surface area contributed by atoms with Crippen molar-refractivity contribution < 1.29 is 4.57 Å². The molecule has 5 aromatic rings. The minimum absolute atomic E-state index is 1.14. The first-order chi connectivity index (χ1) is 15.1. The van der Waals surface area contributed by atoms with E-state index in [4.69, 9.17) is 0 Å². The number of hydrogen-bond acceptors (Lipinski definition) is 1. The van der Waals surface area contributed by atoms with Crippen LogP contribution in [-0.4, -0.2) is 4.98 Å². The van der Waals surface area contributed by atoms with Crippen molar-refractivity contribution in [1.29, 1.82) is 0 Å². The third-order valence-electron chi connectivity index (χ3n) is 6.16. The van der Waals surface area contributed by atoms with Crippen LogP contribution in [0.4, 0.5) is 0 Å². The molecule has 0 spiro atoms. The monoisotopic (exact) mass is 401 g/mol. The Morgan fingerprint density at radius 3 is 2.29 bits per heavy atom. The molecule has 0 atom stereocenters. The summed E-state index contributed by atoms with van der Waals surface area (Å²) in [7, 11) is 2.13. The molecule has 0 unspecified atom stereocenters. The van der Waals surface area contributed by atoms with E-state index in [2.05, 4.69) is 109 Å². The quantitative estimate of drug-likeness (QED) is 0.308. The largest absolute Gasteiger partial charge is 0.264 e. The summed E-state index contributed by atoms with van der Waals surface area (Å²) in [5.74, 6) is 0. The second kappa shape index (κ2) is 7.81. The van der Waals surface area contributed by atoms with Gasteiger partial charge in [-0.1, -0.05) is 48.5 Å². The van der Waals surface area contributed by atoms with Crippen LogP contribution in [0.15, 0.2) is 97.5 Å². The summed E-state index contributed by atoms with van der Waals surface area (Å²) in [4.78, 5) is 4.28. The van der Waals surface area contributed by atoms with Crippen molar-refractivity contribution >= 4 is 10.8 Å². The fourth-order valence-corrected chi connectivity index (χ4v) is 4.32. The molecule has 31 heavy (non-hydrogen) atoms. The minimum atomic E-state index is 1.14. The molecule has 0 bridgehead atoms. The molecule has 2 nitrogen and oxygen atoms in total. The lowest BCUT2D eigenvalue weighted by molar-refractivity contribution is -0.659. The second-order valence-electron chi connectivity index (χ2n) is 8.15. The average molecular weight is 402 g/mol. The average Bonchev–Trinajstić information content (AvgIpc) is 2.82. The Balaban J connectivity index is 1.73. The lowest BCUT2D eigenvalue weighted by Gasteiger charge is -2.13. The van der Waals surface area contributed by atoms with E-state index in [1.54, 1.807) is 0 Å². The van der Waals surface area contributed by atoms with Gasteiger partial charge in [-0.15, -0.1) is 0 Å². The van der Waals surface area contributed by atoms with Gasteiger partial charge in [0.15, 0.2) is 6.20 Å². The van der Waals surface area contributed by atoms with Gasteiger partial charge in [-0.2, -0.15) is 0 Å². The molecule has 150 valence electrons. The number of rotatable bonds is 3. The molecule has 0 aliphatic carbocycles. The molecule has 0 amide bonds. The predicted molar refractivity (Wildman–Crippen MR) is 129 cm³/mol. The highest BCUT2D eigenvalue weighted by atomic mass is 14.9. The minimum Gasteiger partial charge on any atom is -0.264 e. The SMILES string of the molecule is Cc1cc(-c2ccccc2)cc(-c2c3ccc(-c4cccnc4)cc3cc[n+]2C)c1C. The van der Waals surface area contributed by atoms with Gasteiger partial charge in [0, 0.05) is 24.0 Å². The molecule has 2 aromatic heterocycles. The molecule has 0 aliphatic heterocycles. The normalized spacial score (nSPS) is 11.1. The highest BCUT2D eigenvalue weighted by Gasteiger charge is 2.19. The van der Waals surface area contributed by atoms with E-state index in [-0.39, 0.29) is 0 Å². The zero-order valence-electron chi connectivity index (χ0n) is 18.1. The number of aromatic nitrogens is 2. The van der Waals surface area contributed by atoms with E-state index in [1.165, 1.54) is 49.8 Å². The predicted octanol–water partition coefficient (Wildman–Crippen LogP) is 6.68. The summed E-state index contributed by atoms with van der Waals surface area (Å²) in [6, 6.07) is 28.2. The van der Waals surface area contributed by atoms with Crippen LogP contribution in [0.2, 0.25) is 0 Å². The Kier molecular flexibility index (Phi) is 4.83. The number of fused-ring (bicyclic) bond motifs is 1. The molecule has 5 rings (SSSR count).